The van der Waals surface area contributed by atoms with Gasteiger partial charge in [0.15, 0.2) is 0 Å². The van der Waals surface area contributed by atoms with E-state index >= 15 is 0 Å². The zero-order valence-corrected chi connectivity index (χ0v) is 9.14. The van der Waals surface area contributed by atoms with Crippen molar-refractivity contribution in [2.75, 3.05) is 13.0 Å². The fourth-order valence-electron chi connectivity index (χ4n) is 1.54. The summed E-state index contributed by atoms with van der Waals surface area (Å²) in [7, 11) is 1.40. The van der Waals surface area contributed by atoms with Crippen LogP contribution in [0.15, 0.2) is 30.3 Å². The van der Waals surface area contributed by atoms with E-state index in [1.807, 2.05) is 30.3 Å². The molecule has 1 atom stereocenters. The molecule has 1 aliphatic rings. The molecule has 15 heavy (non-hydrogen) atoms. The highest BCUT2D eigenvalue weighted by Crippen LogP contribution is 2.36. The lowest BCUT2D eigenvalue weighted by Gasteiger charge is -2.24. The van der Waals surface area contributed by atoms with Gasteiger partial charge in [0, 0.05) is 0 Å². The van der Waals surface area contributed by atoms with Crippen molar-refractivity contribution in [1.82, 2.24) is 10.9 Å². The number of hydrazine groups is 1. The normalized spacial score (nSPS) is 25.1. The predicted octanol–water partition coefficient (Wildman–Crippen LogP) is 0.811. The number of methoxy groups -OCH3 is 1. The Bertz CT molecular complexity index is 350. The number of rotatable bonds is 2. The minimum atomic E-state index is -0.810. The summed E-state index contributed by atoms with van der Waals surface area (Å²) >= 11 is 1.48. The molecule has 1 heterocycles. The molecule has 0 saturated carbocycles. The van der Waals surface area contributed by atoms with E-state index in [4.69, 9.17) is 4.74 Å². The molecule has 0 bridgehead atoms. The van der Waals surface area contributed by atoms with Gasteiger partial charge in [-0.2, -0.15) is 0 Å². The summed E-state index contributed by atoms with van der Waals surface area (Å²) in [5.74, 6) is 0.382. The number of nitrogens with one attached hydrogen (secondary N) is 2. The first-order chi connectivity index (χ1) is 7.29. The SMILES string of the molecule is COC(=O)C1(c2ccccc2)NNCS1. The minimum absolute atomic E-state index is 0.288. The third kappa shape index (κ3) is 1.73. The lowest BCUT2D eigenvalue weighted by molar-refractivity contribution is -0.145. The number of carbonyl (C=O) groups is 1. The van der Waals surface area contributed by atoms with Crippen LogP contribution in [0.4, 0.5) is 0 Å². The average Bonchev–Trinajstić information content (AvgIpc) is 2.79. The van der Waals surface area contributed by atoms with Crippen molar-refractivity contribution in [1.29, 1.82) is 0 Å². The van der Waals surface area contributed by atoms with E-state index in [-0.39, 0.29) is 5.97 Å². The number of thioether (sulfide) groups is 1. The molecule has 1 fully saturated rings. The summed E-state index contributed by atoms with van der Waals surface area (Å²) < 4.78 is 4.83. The van der Waals surface area contributed by atoms with Gasteiger partial charge in [0.2, 0.25) is 4.87 Å². The molecule has 4 nitrogen and oxygen atoms in total. The quantitative estimate of drug-likeness (QED) is 0.728. The van der Waals surface area contributed by atoms with Crippen molar-refractivity contribution in [3.8, 4) is 0 Å². The van der Waals surface area contributed by atoms with Gasteiger partial charge in [-0.05, 0) is 5.56 Å². The monoisotopic (exact) mass is 224 g/mol. The van der Waals surface area contributed by atoms with Crippen LogP contribution in [0.25, 0.3) is 0 Å². The molecule has 1 aromatic carbocycles. The molecule has 1 saturated heterocycles. The topological polar surface area (TPSA) is 50.4 Å². The van der Waals surface area contributed by atoms with Crippen molar-refractivity contribution in [3.05, 3.63) is 35.9 Å². The molecule has 5 heteroatoms. The van der Waals surface area contributed by atoms with Crippen LogP contribution in [0.3, 0.4) is 0 Å². The molecule has 2 N–H and O–H groups in total. The Balaban J connectivity index is 2.39. The fourth-order valence-corrected chi connectivity index (χ4v) is 2.55. The van der Waals surface area contributed by atoms with Crippen molar-refractivity contribution >= 4 is 17.7 Å². The summed E-state index contributed by atoms with van der Waals surface area (Å²) in [6.45, 7) is 0. The Kier molecular flexibility index (Phi) is 2.95. The lowest BCUT2D eigenvalue weighted by atomic mass is 10.1. The molecule has 0 spiro atoms. The smallest absolute Gasteiger partial charge is 0.342 e. The van der Waals surface area contributed by atoms with Crippen molar-refractivity contribution in [3.63, 3.8) is 0 Å². The van der Waals surface area contributed by atoms with Gasteiger partial charge >= 0.3 is 5.97 Å². The largest absolute Gasteiger partial charge is 0.467 e. The van der Waals surface area contributed by atoms with Gasteiger partial charge in [-0.3, -0.25) is 0 Å². The molecule has 80 valence electrons. The van der Waals surface area contributed by atoms with Crippen LogP contribution < -0.4 is 10.9 Å². The molecule has 0 radical (unpaired) electrons. The first-order valence-corrected chi connectivity index (χ1v) is 5.56. The third-order valence-corrected chi connectivity index (χ3v) is 3.50. The number of benzene rings is 1. The summed E-state index contributed by atoms with van der Waals surface area (Å²) in [6, 6.07) is 9.54. The van der Waals surface area contributed by atoms with E-state index < -0.39 is 4.87 Å². The predicted molar refractivity (Wildman–Crippen MR) is 58.9 cm³/mol. The molecule has 1 aliphatic heterocycles. The number of ether oxygens (including phenoxy) is 1. The second-order valence-electron chi connectivity index (χ2n) is 3.13. The van der Waals surface area contributed by atoms with E-state index in [0.717, 1.165) is 5.56 Å². The van der Waals surface area contributed by atoms with Gasteiger partial charge in [0.05, 0.1) is 13.0 Å². The van der Waals surface area contributed by atoms with Crippen molar-refractivity contribution < 1.29 is 9.53 Å². The molecule has 0 aromatic heterocycles. The van der Waals surface area contributed by atoms with Crippen LogP contribution >= 0.6 is 11.8 Å². The first kappa shape index (κ1) is 10.5. The second-order valence-corrected chi connectivity index (χ2v) is 4.32. The molecular formula is C10H12N2O2S. The molecule has 1 aromatic rings. The maximum Gasteiger partial charge on any atom is 0.342 e. The Hall–Kier alpha value is -1.04. The van der Waals surface area contributed by atoms with Crippen LogP contribution in [-0.2, 0) is 14.4 Å². The van der Waals surface area contributed by atoms with Crippen molar-refractivity contribution in [2.45, 2.75) is 4.87 Å². The zero-order chi connectivity index (χ0) is 10.7. The molecule has 0 aliphatic carbocycles. The highest BCUT2D eigenvalue weighted by molar-refractivity contribution is 8.01. The molecule has 2 rings (SSSR count). The summed E-state index contributed by atoms with van der Waals surface area (Å²) in [4.78, 5) is 11.0. The zero-order valence-electron chi connectivity index (χ0n) is 8.32. The van der Waals surface area contributed by atoms with Gasteiger partial charge in [-0.15, -0.1) is 11.8 Å². The fraction of sp³-hybridized carbons (Fsp3) is 0.300. The molecular weight excluding hydrogens is 212 g/mol. The minimum Gasteiger partial charge on any atom is -0.467 e. The van der Waals surface area contributed by atoms with Crippen LogP contribution in [-0.4, -0.2) is 19.0 Å². The van der Waals surface area contributed by atoms with E-state index in [1.54, 1.807) is 0 Å². The van der Waals surface area contributed by atoms with Gasteiger partial charge in [0.1, 0.15) is 0 Å². The number of hydrogen-bond acceptors (Lipinski definition) is 5. The van der Waals surface area contributed by atoms with Crippen LogP contribution in [0, 0.1) is 0 Å². The van der Waals surface area contributed by atoms with Crippen LogP contribution in [0.1, 0.15) is 5.56 Å². The Labute approximate surface area is 92.4 Å². The highest BCUT2D eigenvalue weighted by atomic mass is 32.2. The van der Waals surface area contributed by atoms with E-state index in [1.165, 1.54) is 18.9 Å². The summed E-state index contributed by atoms with van der Waals surface area (Å²) in [5.41, 5.74) is 6.81. The Morgan fingerprint density at radius 1 is 1.47 bits per heavy atom. The van der Waals surface area contributed by atoms with Gasteiger partial charge in [0.25, 0.3) is 0 Å². The van der Waals surface area contributed by atoms with Crippen LogP contribution in [0.2, 0.25) is 0 Å². The van der Waals surface area contributed by atoms with E-state index in [0.29, 0.717) is 5.88 Å². The van der Waals surface area contributed by atoms with Crippen molar-refractivity contribution in [2.24, 2.45) is 0 Å². The van der Waals surface area contributed by atoms with Gasteiger partial charge < -0.3 is 4.74 Å². The van der Waals surface area contributed by atoms with E-state index in [2.05, 4.69) is 10.9 Å². The first-order valence-electron chi connectivity index (χ1n) is 4.57. The number of esters is 1. The maximum absolute atomic E-state index is 11.8. The van der Waals surface area contributed by atoms with Crippen LogP contribution in [0.5, 0.6) is 0 Å². The molecule has 1 unspecified atom stereocenters. The number of carbonyl (C=O) groups excluding carboxylic acids is 1. The summed E-state index contributed by atoms with van der Waals surface area (Å²) in [5, 5.41) is 0. The standard InChI is InChI=1S/C10H12N2O2S/c1-14-9(13)10(12-11-7-15-10)8-5-3-2-4-6-8/h2-6,11-12H,7H2,1H3. The number of hydrogen-bond donors (Lipinski definition) is 2. The lowest BCUT2D eigenvalue weighted by Crippen LogP contribution is -2.46. The Morgan fingerprint density at radius 3 is 2.73 bits per heavy atom. The Morgan fingerprint density at radius 2 is 2.20 bits per heavy atom. The van der Waals surface area contributed by atoms with Gasteiger partial charge in [-0.1, -0.05) is 30.3 Å². The average molecular weight is 224 g/mol. The second kappa shape index (κ2) is 4.22. The van der Waals surface area contributed by atoms with E-state index in [9.17, 15) is 4.79 Å². The van der Waals surface area contributed by atoms with Gasteiger partial charge in [-0.25, -0.2) is 15.6 Å². The maximum atomic E-state index is 11.8. The molecule has 0 amide bonds. The summed E-state index contributed by atoms with van der Waals surface area (Å²) in [6.07, 6.45) is 0. The third-order valence-electron chi connectivity index (χ3n) is 2.28. The highest BCUT2D eigenvalue weighted by Gasteiger charge is 2.45.